The van der Waals surface area contributed by atoms with Crippen LogP contribution in [0.2, 0.25) is 5.02 Å². The van der Waals surface area contributed by atoms with Crippen LogP contribution in [0.25, 0.3) is 0 Å². The van der Waals surface area contributed by atoms with E-state index in [-0.39, 0.29) is 11.8 Å². The van der Waals surface area contributed by atoms with Crippen molar-refractivity contribution in [1.29, 1.82) is 0 Å². The topological polar surface area (TPSA) is 72.8 Å². The van der Waals surface area contributed by atoms with E-state index in [1.165, 1.54) is 11.3 Å². The number of anilines is 1. The molecule has 0 bridgehead atoms. The van der Waals surface area contributed by atoms with Gasteiger partial charge in [0.1, 0.15) is 12.1 Å². The van der Waals surface area contributed by atoms with Crippen molar-refractivity contribution < 1.29 is 9.90 Å². The number of carbonyl (C=O) groups is 1. The lowest BCUT2D eigenvalue weighted by Crippen LogP contribution is -2.52. The van der Waals surface area contributed by atoms with Gasteiger partial charge in [-0.3, -0.25) is 9.69 Å². The molecule has 2 aliphatic rings. The summed E-state index contributed by atoms with van der Waals surface area (Å²) in [6.45, 7) is 14.2. The monoisotopic (exact) mass is 525 g/mol. The average molecular weight is 526 g/mol. The van der Waals surface area contributed by atoms with E-state index in [4.69, 9.17) is 11.6 Å². The number of nitrogens with zero attached hydrogens (tertiary/aromatic N) is 5. The lowest BCUT2D eigenvalue weighted by Gasteiger charge is -2.39. The average Bonchev–Trinajstić information content (AvgIpc) is 3.26. The molecular formula is C29H40ClN5O2. The van der Waals surface area contributed by atoms with Crippen molar-refractivity contribution >= 4 is 23.3 Å². The minimum Gasteiger partial charge on any atom is -0.389 e. The second-order valence-electron chi connectivity index (χ2n) is 11.0. The third-order valence-corrected chi connectivity index (χ3v) is 7.67. The zero-order valence-corrected chi connectivity index (χ0v) is 23.1. The first kappa shape index (κ1) is 27.6. The molecule has 1 saturated heterocycles. The highest BCUT2D eigenvalue weighted by atomic mass is 35.5. The van der Waals surface area contributed by atoms with E-state index in [1.54, 1.807) is 20.2 Å². The molecule has 1 N–H and O–H groups in total. The summed E-state index contributed by atoms with van der Waals surface area (Å²) in [6, 6.07) is 7.58. The van der Waals surface area contributed by atoms with E-state index in [1.807, 2.05) is 35.2 Å². The summed E-state index contributed by atoms with van der Waals surface area (Å²) >= 11 is 6.16. The number of hydrogen-bond donors (Lipinski definition) is 1. The molecule has 1 aliphatic heterocycles. The molecule has 37 heavy (non-hydrogen) atoms. The Morgan fingerprint density at radius 2 is 1.95 bits per heavy atom. The van der Waals surface area contributed by atoms with Crippen molar-refractivity contribution in [3.8, 4) is 0 Å². The van der Waals surface area contributed by atoms with Crippen LogP contribution in [0.4, 0.5) is 5.82 Å². The van der Waals surface area contributed by atoms with Crippen molar-refractivity contribution in [1.82, 2.24) is 19.8 Å². The predicted molar refractivity (Wildman–Crippen MR) is 149 cm³/mol. The molecule has 200 valence electrons. The summed E-state index contributed by atoms with van der Waals surface area (Å²) in [4.78, 5) is 29.6. The Bertz CT molecular complexity index is 1080. The van der Waals surface area contributed by atoms with E-state index < -0.39 is 5.60 Å². The first-order valence-corrected chi connectivity index (χ1v) is 13.7. The van der Waals surface area contributed by atoms with Gasteiger partial charge in [-0.05, 0) is 56.7 Å². The summed E-state index contributed by atoms with van der Waals surface area (Å²) in [5.41, 5.74) is 2.53. The van der Waals surface area contributed by atoms with Gasteiger partial charge in [0.2, 0.25) is 5.91 Å². The molecule has 0 spiro atoms. The van der Waals surface area contributed by atoms with Crippen LogP contribution in [0.3, 0.4) is 0 Å². The van der Waals surface area contributed by atoms with Gasteiger partial charge in [0.15, 0.2) is 0 Å². The molecule has 2 heterocycles. The van der Waals surface area contributed by atoms with E-state index in [0.29, 0.717) is 37.1 Å². The number of halogens is 1. The number of hydrogen-bond acceptors (Lipinski definition) is 6. The number of aryl methyl sites for hydroxylation is 1. The highest BCUT2D eigenvalue weighted by Crippen LogP contribution is 2.37. The molecule has 1 aromatic carbocycles. The number of piperazine rings is 1. The Kier molecular flexibility index (Phi) is 8.88. The van der Waals surface area contributed by atoms with Crippen molar-refractivity contribution in [3.05, 3.63) is 65.1 Å². The predicted octanol–water partition coefficient (Wildman–Crippen LogP) is 4.26. The fourth-order valence-electron chi connectivity index (χ4n) is 5.57. The van der Waals surface area contributed by atoms with Crippen LogP contribution in [0, 0.1) is 0 Å². The van der Waals surface area contributed by atoms with Gasteiger partial charge in [0.25, 0.3) is 0 Å². The van der Waals surface area contributed by atoms with Crippen LogP contribution < -0.4 is 4.90 Å². The van der Waals surface area contributed by atoms with E-state index in [9.17, 15) is 9.90 Å². The summed E-state index contributed by atoms with van der Waals surface area (Å²) in [6.07, 6.45) is 6.48. The number of amides is 1. The van der Waals surface area contributed by atoms with Crippen molar-refractivity contribution in [2.24, 2.45) is 0 Å². The molecule has 1 amide bonds. The quantitative estimate of drug-likeness (QED) is 0.467. The van der Waals surface area contributed by atoms with Crippen LogP contribution in [-0.4, -0.2) is 82.2 Å². The maximum Gasteiger partial charge on any atom is 0.231 e. The smallest absolute Gasteiger partial charge is 0.231 e. The van der Waals surface area contributed by atoms with E-state index in [0.717, 1.165) is 50.3 Å². The summed E-state index contributed by atoms with van der Waals surface area (Å²) in [7, 11) is 0. The molecule has 1 fully saturated rings. The second-order valence-corrected chi connectivity index (χ2v) is 11.5. The Labute approximate surface area is 226 Å². The molecule has 0 radical (unpaired) electrons. The highest BCUT2D eigenvalue weighted by Gasteiger charge is 2.33. The van der Waals surface area contributed by atoms with Gasteiger partial charge in [0, 0.05) is 62.1 Å². The second kappa shape index (κ2) is 11.9. The number of carbonyl (C=O) groups excluding carboxylic acids is 1. The van der Waals surface area contributed by atoms with E-state index >= 15 is 0 Å². The Balaban J connectivity index is 1.50. The van der Waals surface area contributed by atoms with Gasteiger partial charge >= 0.3 is 0 Å². The fraction of sp³-hybridized carbons (Fsp3) is 0.552. The molecule has 1 aliphatic carbocycles. The van der Waals surface area contributed by atoms with Gasteiger partial charge in [-0.15, -0.1) is 6.58 Å². The number of rotatable bonds is 10. The molecule has 0 saturated carbocycles. The third kappa shape index (κ3) is 6.89. The van der Waals surface area contributed by atoms with Crippen molar-refractivity contribution in [2.75, 3.05) is 50.7 Å². The third-order valence-electron chi connectivity index (χ3n) is 7.41. The Morgan fingerprint density at radius 3 is 2.59 bits per heavy atom. The number of fused-ring (bicyclic) bond motifs is 1. The van der Waals surface area contributed by atoms with Crippen LogP contribution in [-0.2, 0) is 11.2 Å². The van der Waals surface area contributed by atoms with Gasteiger partial charge in [-0.25, -0.2) is 9.97 Å². The number of benzene rings is 1. The fourth-order valence-corrected chi connectivity index (χ4v) is 5.70. The van der Waals surface area contributed by atoms with E-state index in [2.05, 4.69) is 33.3 Å². The maximum atomic E-state index is 14.0. The standard InChI is InChI=1S/C29H40ClN5O2/c1-5-6-13-33(19-29(3,4)37)18-24(22-8-10-23(30)11-9-22)28(36)35-16-14-34(15-17-35)27-26-21(2)7-12-25(26)31-20-32-27/h5,8-11,20-21,24,37H,1,6-7,12-19H2,2-4H3/t21-,24-/m1/s1. The van der Waals surface area contributed by atoms with Gasteiger partial charge < -0.3 is 14.9 Å². The molecule has 0 unspecified atom stereocenters. The van der Waals surface area contributed by atoms with Gasteiger partial charge in [0.05, 0.1) is 11.5 Å². The zero-order chi connectivity index (χ0) is 26.6. The molecule has 7 nitrogen and oxygen atoms in total. The van der Waals surface area contributed by atoms with Crippen LogP contribution in [0.15, 0.2) is 43.2 Å². The SMILES string of the molecule is C=CCCN(C[C@@H](C(=O)N1CCN(c2ncnc3c2[C@H](C)CC3)CC1)c1ccc(Cl)cc1)CC(C)(C)O. The summed E-state index contributed by atoms with van der Waals surface area (Å²) < 4.78 is 0. The van der Waals surface area contributed by atoms with Gasteiger partial charge in [-0.2, -0.15) is 0 Å². The number of aliphatic hydroxyl groups is 1. The normalized spacial score (nSPS) is 18.7. The lowest BCUT2D eigenvalue weighted by molar-refractivity contribution is -0.133. The maximum absolute atomic E-state index is 14.0. The number of aromatic nitrogens is 2. The Morgan fingerprint density at radius 1 is 1.24 bits per heavy atom. The summed E-state index contributed by atoms with van der Waals surface area (Å²) in [5, 5.41) is 11.2. The molecular weight excluding hydrogens is 486 g/mol. The minimum absolute atomic E-state index is 0.114. The first-order valence-electron chi connectivity index (χ1n) is 13.3. The van der Waals surface area contributed by atoms with Crippen molar-refractivity contribution in [2.45, 2.75) is 57.5 Å². The summed E-state index contributed by atoms with van der Waals surface area (Å²) in [5.74, 6) is 1.27. The molecule has 2 aromatic rings. The first-order chi connectivity index (χ1) is 17.7. The Hall–Kier alpha value is -2.48. The molecule has 2 atom stereocenters. The van der Waals surface area contributed by atoms with Crippen molar-refractivity contribution in [3.63, 3.8) is 0 Å². The lowest BCUT2D eigenvalue weighted by atomic mass is 9.95. The van der Waals surface area contributed by atoms with Crippen LogP contribution in [0.1, 0.15) is 62.3 Å². The molecule has 1 aromatic heterocycles. The van der Waals surface area contributed by atoms with Crippen LogP contribution >= 0.6 is 11.6 Å². The minimum atomic E-state index is -0.866. The zero-order valence-electron chi connectivity index (χ0n) is 22.4. The highest BCUT2D eigenvalue weighted by molar-refractivity contribution is 6.30. The molecule has 8 heteroatoms. The van der Waals surface area contributed by atoms with Gasteiger partial charge in [-0.1, -0.05) is 36.7 Å². The van der Waals surface area contributed by atoms with Crippen LogP contribution in [0.5, 0.6) is 0 Å². The largest absolute Gasteiger partial charge is 0.389 e. The molecule has 4 rings (SSSR count).